The lowest BCUT2D eigenvalue weighted by atomic mass is 10.0. The maximum atomic E-state index is 5.89. The highest BCUT2D eigenvalue weighted by atomic mass is 35.6. The molecule has 18 heavy (non-hydrogen) atoms. The molecule has 1 aromatic carbocycles. The van der Waals surface area contributed by atoms with Gasteiger partial charge in [0.1, 0.15) is 5.75 Å². The molecule has 0 aromatic heterocycles. The summed E-state index contributed by atoms with van der Waals surface area (Å²) in [6.07, 6.45) is 1.51. The maximum absolute atomic E-state index is 5.89. The molecule has 7 heteroatoms. The Kier molecular flexibility index (Phi) is 5.39. The minimum absolute atomic E-state index is 0.336. The van der Waals surface area contributed by atoms with E-state index in [4.69, 9.17) is 74.3 Å². The minimum Gasteiger partial charge on any atom is -0.496 e. The third-order valence-corrected chi connectivity index (χ3v) is 3.46. The molecule has 1 rings (SSSR count). The highest BCUT2D eigenvalue weighted by Gasteiger charge is 2.32. The van der Waals surface area contributed by atoms with Gasteiger partial charge in [-0.25, -0.2) is 0 Å². The Morgan fingerprint density at radius 2 is 1.61 bits per heavy atom. The van der Waals surface area contributed by atoms with Crippen LogP contribution in [0, 0.1) is 0 Å². The molecule has 0 aliphatic heterocycles. The van der Waals surface area contributed by atoms with Crippen LogP contribution in [0.2, 0.25) is 0 Å². The van der Waals surface area contributed by atoms with E-state index in [1.54, 1.807) is 6.07 Å². The Balaban J connectivity index is 3.62. The lowest BCUT2D eigenvalue weighted by Gasteiger charge is -2.21. The first-order valence-corrected chi connectivity index (χ1v) is 6.87. The summed E-state index contributed by atoms with van der Waals surface area (Å²) in [4.78, 5) is 0. The number of ether oxygens (including phenoxy) is 1. The number of benzene rings is 1. The van der Waals surface area contributed by atoms with Crippen LogP contribution in [0.4, 0.5) is 0 Å². The van der Waals surface area contributed by atoms with Crippen molar-refractivity contribution in [3.05, 3.63) is 35.4 Å². The van der Waals surface area contributed by atoms with Crippen LogP contribution in [0.25, 0.3) is 6.08 Å². The SMILES string of the molecule is C=Cc1c(OC)cc(C(Cl)(Cl)Cl)cc1C(Cl)(Cl)Cl. The topological polar surface area (TPSA) is 9.23 Å². The average molecular weight is 369 g/mol. The third kappa shape index (κ3) is 3.75. The summed E-state index contributed by atoms with van der Waals surface area (Å²) in [5, 5.41) is 0. The Morgan fingerprint density at radius 1 is 1.06 bits per heavy atom. The van der Waals surface area contributed by atoms with Gasteiger partial charge in [0.05, 0.1) is 7.11 Å². The fourth-order valence-corrected chi connectivity index (χ4v) is 2.20. The van der Waals surface area contributed by atoms with Crippen LogP contribution in [0.1, 0.15) is 16.7 Å². The normalized spacial score (nSPS) is 12.4. The van der Waals surface area contributed by atoms with Gasteiger partial charge in [0.25, 0.3) is 0 Å². The van der Waals surface area contributed by atoms with E-state index in [1.807, 2.05) is 0 Å². The molecule has 0 radical (unpaired) electrons. The van der Waals surface area contributed by atoms with Crippen molar-refractivity contribution < 1.29 is 4.74 Å². The summed E-state index contributed by atoms with van der Waals surface area (Å²) >= 11 is 35.2. The van der Waals surface area contributed by atoms with E-state index in [2.05, 4.69) is 6.58 Å². The molecule has 0 aliphatic rings. The molecular formula is C11H8Cl6O. The van der Waals surface area contributed by atoms with E-state index < -0.39 is 7.59 Å². The first-order chi connectivity index (χ1) is 8.11. The standard InChI is InChI=1S/C11H8Cl6O/c1-3-7-8(11(15,16)17)4-6(10(12,13)14)5-9(7)18-2/h3-5H,1H2,2H3. The van der Waals surface area contributed by atoms with E-state index in [0.717, 1.165) is 0 Å². The van der Waals surface area contributed by atoms with Gasteiger partial charge >= 0.3 is 0 Å². The van der Waals surface area contributed by atoms with E-state index >= 15 is 0 Å². The molecule has 0 aliphatic carbocycles. The quantitative estimate of drug-likeness (QED) is 0.582. The minimum atomic E-state index is -1.68. The Labute approximate surface area is 135 Å². The van der Waals surface area contributed by atoms with Crippen LogP contribution in [-0.4, -0.2) is 7.11 Å². The van der Waals surface area contributed by atoms with Gasteiger partial charge in [-0.1, -0.05) is 82.3 Å². The van der Waals surface area contributed by atoms with Gasteiger partial charge in [-0.05, 0) is 12.1 Å². The van der Waals surface area contributed by atoms with Crippen molar-refractivity contribution in [2.45, 2.75) is 7.59 Å². The monoisotopic (exact) mass is 366 g/mol. The largest absolute Gasteiger partial charge is 0.496 e. The molecule has 0 fully saturated rings. The van der Waals surface area contributed by atoms with Gasteiger partial charge in [0.2, 0.25) is 7.59 Å². The molecule has 0 saturated carbocycles. The molecule has 1 aromatic rings. The first kappa shape index (κ1) is 16.6. The molecule has 0 heterocycles. The van der Waals surface area contributed by atoms with Crippen molar-refractivity contribution in [3.8, 4) is 5.75 Å². The summed E-state index contributed by atoms with van der Waals surface area (Å²) in [6.45, 7) is 3.65. The molecule has 100 valence electrons. The highest BCUT2D eigenvalue weighted by molar-refractivity contribution is 6.67. The van der Waals surface area contributed by atoms with Gasteiger partial charge in [0.15, 0.2) is 0 Å². The van der Waals surface area contributed by atoms with Gasteiger partial charge in [0, 0.05) is 16.7 Å². The average Bonchev–Trinajstić information content (AvgIpc) is 2.24. The van der Waals surface area contributed by atoms with Gasteiger partial charge in [-0.2, -0.15) is 0 Å². The molecule has 0 unspecified atom stereocenters. The van der Waals surface area contributed by atoms with Crippen molar-refractivity contribution in [2.75, 3.05) is 7.11 Å². The summed E-state index contributed by atoms with van der Waals surface area (Å²) in [6, 6.07) is 3.06. The maximum Gasteiger partial charge on any atom is 0.216 e. The van der Waals surface area contributed by atoms with Crippen molar-refractivity contribution in [1.29, 1.82) is 0 Å². The zero-order valence-corrected chi connectivity index (χ0v) is 13.7. The van der Waals surface area contributed by atoms with Gasteiger partial charge in [-0.15, -0.1) is 0 Å². The summed E-state index contributed by atoms with van der Waals surface area (Å²) in [5.41, 5.74) is 1.22. The Bertz CT molecular complexity index is 458. The zero-order valence-electron chi connectivity index (χ0n) is 9.12. The molecule has 1 nitrogen and oxygen atoms in total. The molecule has 0 N–H and O–H groups in total. The molecule has 0 spiro atoms. The number of rotatable bonds is 2. The second-order valence-corrected chi connectivity index (χ2v) is 7.90. The molecule has 0 atom stereocenters. The predicted octanol–water partition coefficient (Wildman–Crippen LogP) is 5.99. The predicted molar refractivity (Wildman–Crippen MR) is 81.6 cm³/mol. The van der Waals surface area contributed by atoms with Crippen molar-refractivity contribution in [1.82, 2.24) is 0 Å². The number of alkyl halides is 6. The molecule has 0 saturated heterocycles. The molecule has 0 amide bonds. The van der Waals surface area contributed by atoms with E-state index in [-0.39, 0.29) is 0 Å². The number of halogens is 6. The highest BCUT2D eigenvalue weighted by Crippen LogP contribution is 2.47. The number of hydrogen-bond acceptors (Lipinski definition) is 1. The fourth-order valence-electron chi connectivity index (χ4n) is 1.40. The van der Waals surface area contributed by atoms with E-state index in [9.17, 15) is 0 Å². The lowest BCUT2D eigenvalue weighted by Crippen LogP contribution is -2.09. The smallest absolute Gasteiger partial charge is 0.216 e. The van der Waals surface area contributed by atoms with Crippen LogP contribution in [-0.2, 0) is 7.59 Å². The number of hydrogen-bond donors (Lipinski definition) is 0. The van der Waals surface area contributed by atoms with Crippen LogP contribution < -0.4 is 4.74 Å². The first-order valence-electron chi connectivity index (χ1n) is 4.60. The van der Waals surface area contributed by atoms with Crippen LogP contribution >= 0.6 is 69.6 Å². The molecule has 0 bridgehead atoms. The van der Waals surface area contributed by atoms with Crippen LogP contribution in [0.15, 0.2) is 18.7 Å². The number of methoxy groups -OCH3 is 1. The second-order valence-electron chi connectivity index (χ2n) is 3.34. The molecular weight excluding hydrogens is 361 g/mol. The van der Waals surface area contributed by atoms with Gasteiger partial charge < -0.3 is 4.74 Å². The summed E-state index contributed by atoms with van der Waals surface area (Å²) in [5.74, 6) is 0.412. The second kappa shape index (κ2) is 5.87. The lowest BCUT2D eigenvalue weighted by molar-refractivity contribution is 0.413. The summed E-state index contributed by atoms with van der Waals surface area (Å²) in [7, 11) is 1.46. The summed E-state index contributed by atoms with van der Waals surface area (Å²) < 4.78 is 1.87. The Morgan fingerprint density at radius 3 is 1.94 bits per heavy atom. The van der Waals surface area contributed by atoms with Crippen molar-refractivity contribution >= 4 is 75.7 Å². The van der Waals surface area contributed by atoms with E-state index in [1.165, 1.54) is 19.3 Å². The van der Waals surface area contributed by atoms with Crippen molar-refractivity contribution in [2.24, 2.45) is 0 Å². The van der Waals surface area contributed by atoms with E-state index in [0.29, 0.717) is 22.4 Å². The Hall–Kier alpha value is 0.500. The van der Waals surface area contributed by atoms with Gasteiger partial charge in [-0.3, -0.25) is 0 Å². The van der Waals surface area contributed by atoms with Crippen molar-refractivity contribution in [3.63, 3.8) is 0 Å². The third-order valence-electron chi connectivity index (χ3n) is 2.20. The zero-order chi connectivity index (χ0) is 14.1. The van der Waals surface area contributed by atoms with Crippen LogP contribution in [0.3, 0.4) is 0 Å². The fraction of sp³-hybridized carbons (Fsp3) is 0.273. The van der Waals surface area contributed by atoms with Crippen LogP contribution in [0.5, 0.6) is 5.75 Å².